The van der Waals surface area contributed by atoms with Crippen LogP contribution in [0, 0.1) is 5.82 Å². The number of carbonyl (C=O) groups excluding carboxylic acids is 1. The Morgan fingerprint density at radius 3 is 2.92 bits per heavy atom. The molecule has 2 saturated heterocycles. The first-order chi connectivity index (χ1) is 12.1. The zero-order valence-electron chi connectivity index (χ0n) is 13.9. The maximum atomic E-state index is 14.5. The van der Waals surface area contributed by atoms with Crippen LogP contribution >= 0.6 is 24.0 Å². The first-order valence-electron chi connectivity index (χ1n) is 8.00. The van der Waals surface area contributed by atoms with Gasteiger partial charge in [-0.3, -0.25) is 4.90 Å². The van der Waals surface area contributed by atoms with Crippen molar-refractivity contribution in [3.63, 3.8) is 0 Å². The van der Waals surface area contributed by atoms with E-state index in [0.717, 1.165) is 24.6 Å². The quantitative estimate of drug-likeness (QED) is 0.798. The van der Waals surface area contributed by atoms with Crippen LogP contribution in [0.15, 0.2) is 18.2 Å². The molecule has 3 rings (SSSR count). The fourth-order valence-electron chi connectivity index (χ4n) is 2.83. The van der Waals surface area contributed by atoms with Crippen molar-refractivity contribution in [2.24, 2.45) is 0 Å². The summed E-state index contributed by atoms with van der Waals surface area (Å²) in [6.45, 7) is 2.35. The number of halogens is 1. The van der Waals surface area contributed by atoms with Crippen molar-refractivity contribution < 1.29 is 18.7 Å². The third-order valence-electron chi connectivity index (χ3n) is 4.13. The molecule has 9 heteroatoms. The summed E-state index contributed by atoms with van der Waals surface area (Å²) >= 11 is 6.77. The summed E-state index contributed by atoms with van der Waals surface area (Å²) in [5, 5.41) is 3.09. The average Bonchev–Trinajstić information content (AvgIpc) is 3.01. The highest BCUT2D eigenvalue weighted by Crippen LogP contribution is 2.29. The molecule has 0 saturated carbocycles. The predicted octanol–water partition coefficient (Wildman–Crippen LogP) is 2.23. The molecule has 0 unspecified atom stereocenters. The second-order valence-corrected chi connectivity index (χ2v) is 7.32. The summed E-state index contributed by atoms with van der Waals surface area (Å²) in [4.78, 5) is 15.5. The van der Waals surface area contributed by atoms with Gasteiger partial charge >= 0.3 is 6.09 Å². The number of cyclic esters (lactones) is 1. The van der Waals surface area contributed by atoms with Crippen LogP contribution in [0.1, 0.15) is 0 Å². The van der Waals surface area contributed by atoms with Gasteiger partial charge in [0.05, 0.1) is 31.6 Å². The highest BCUT2D eigenvalue weighted by Gasteiger charge is 2.33. The monoisotopic (exact) mass is 385 g/mol. The van der Waals surface area contributed by atoms with Crippen molar-refractivity contribution in [2.45, 2.75) is 6.10 Å². The smallest absolute Gasteiger partial charge is 0.414 e. The number of methoxy groups -OCH3 is 1. The fraction of sp³-hybridized carbons (Fsp3) is 0.500. The van der Waals surface area contributed by atoms with E-state index in [-0.39, 0.29) is 17.1 Å². The van der Waals surface area contributed by atoms with Crippen molar-refractivity contribution in [3.05, 3.63) is 24.0 Å². The highest BCUT2D eigenvalue weighted by atomic mass is 32.2. The van der Waals surface area contributed by atoms with Crippen LogP contribution in [0.25, 0.3) is 0 Å². The van der Waals surface area contributed by atoms with Crippen molar-refractivity contribution >= 4 is 46.6 Å². The maximum Gasteiger partial charge on any atom is 0.414 e. The molecular formula is C16H20FN3O3S2. The SMILES string of the molecule is COC(=S)NC[C@H]1CN(c2ccc(N3CCSCC3)c(F)c2)C(=O)O1. The number of hydrogen-bond donors (Lipinski definition) is 1. The summed E-state index contributed by atoms with van der Waals surface area (Å²) in [5.74, 6) is 1.68. The van der Waals surface area contributed by atoms with Crippen molar-refractivity contribution in [1.82, 2.24) is 5.32 Å². The molecule has 136 valence electrons. The van der Waals surface area contributed by atoms with E-state index in [2.05, 4.69) is 5.32 Å². The summed E-state index contributed by atoms with van der Waals surface area (Å²) in [7, 11) is 1.47. The molecule has 2 fully saturated rings. The highest BCUT2D eigenvalue weighted by molar-refractivity contribution is 7.99. The van der Waals surface area contributed by atoms with Gasteiger partial charge < -0.3 is 19.7 Å². The number of hydrogen-bond acceptors (Lipinski definition) is 6. The Labute approximate surface area is 155 Å². The van der Waals surface area contributed by atoms with Crippen molar-refractivity contribution in [1.29, 1.82) is 0 Å². The van der Waals surface area contributed by atoms with Crippen molar-refractivity contribution in [2.75, 3.05) is 54.6 Å². The van der Waals surface area contributed by atoms with Gasteiger partial charge in [0.25, 0.3) is 5.17 Å². The van der Waals surface area contributed by atoms with Crippen LogP contribution in [0.4, 0.5) is 20.6 Å². The van der Waals surface area contributed by atoms with Crippen LogP contribution < -0.4 is 15.1 Å². The minimum atomic E-state index is -0.489. The van der Waals surface area contributed by atoms with Gasteiger partial charge in [-0.15, -0.1) is 0 Å². The van der Waals surface area contributed by atoms with Crippen LogP contribution in [-0.4, -0.2) is 62.2 Å². The molecule has 6 nitrogen and oxygen atoms in total. The Bertz CT molecular complexity index is 656. The largest absolute Gasteiger partial charge is 0.474 e. The molecule has 0 aromatic heterocycles. The number of carbonyl (C=O) groups is 1. The molecule has 1 N–H and O–H groups in total. The minimum absolute atomic E-state index is 0.240. The molecule has 0 radical (unpaired) electrons. The lowest BCUT2D eigenvalue weighted by atomic mass is 10.2. The number of rotatable bonds is 4. The van der Waals surface area contributed by atoms with Gasteiger partial charge in [-0.05, 0) is 30.4 Å². The van der Waals surface area contributed by atoms with Gasteiger partial charge in [0, 0.05) is 24.6 Å². The average molecular weight is 385 g/mol. The normalized spacial score (nSPS) is 20.4. The summed E-state index contributed by atoms with van der Waals surface area (Å²) in [5.41, 5.74) is 1.08. The van der Waals surface area contributed by atoms with E-state index in [1.807, 2.05) is 16.7 Å². The van der Waals surface area contributed by atoms with E-state index < -0.39 is 6.09 Å². The van der Waals surface area contributed by atoms with E-state index >= 15 is 0 Å². The molecule has 2 heterocycles. The van der Waals surface area contributed by atoms with E-state index in [1.165, 1.54) is 18.1 Å². The fourth-order valence-corrected chi connectivity index (χ4v) is 3.82. The van der Waals surface area contributed by atoms with Gasteiger partial charge in [-0.1, -0.05) is 0 Å². The summed E-state index contributed by atoms with van der Waals surface area (Å²) < 4.78 is 24.7. The molecule has 1 aromatic carbocycles. The lowest BCUT2D eigenvalue weighted by Crippen LogP contribution is -2.34. The van der Waals surface area contributed by atoms with E-state index in [0.29, 0.717) is 24.5 Å². The van der Waals surface area contributed by atoms with Gasteiger partial charge in [-0.2, -0.15) is 11.8 Å². The molecule has 25 heavy (non-hydrogen) atoms. The van der Waals surface area contributed by atoms with Crippen LogP contribution in [0.5, 0.6) is 0 Å². The second-order valence-electron chi connectivity index (χ2n) is 5.72. The van der Waals surface area contributed by atoms with Gasteiger partial charge in [0.1, 0.15) is 11.9 Å². The Morgan fingerprint density at radius 2 is 2.24 bits per heavy atom. The molecule has 0 bridgehead atoms. The molecule has 2 aliphatic heterocycles. The molecule has 2 aliphatic rings. The Morgan fingerprint density at radius 1 is 1.48 bits per heavy atom. The number of anilines is 2. The molecule has 0 aliphatic carbocycles. The molecular weight excluding hydrogens is 365 g/mol. The number of thioether (sulfide) groups is 1. The van der Waals surface area contributed by atoms with Gasteiger partial charge in [0.2, 0.25) is 0 Å². The Hall–Kier alpha value is -1.74. The molecule has 1 aromatic rings. The lowest BCUT2D eigenvalue weighted by Gasteiger charge is -2.29. The van der Waals surface area contributed by atoms with Gasteiger partial charge in [0.15, 0.2) is 0 Å². The van der Waals surface area contributed by atoms with Crippen LogP contribution in [0.3, 0.4) is 0 Å². The van der Waals surface area contributed by atoms with E-state index in [1.54, 1.807) is 12.1 Å². The third kappa shape index (κ3) is 4.27. The zero-order valence-corrected chi connectivity index (χ0v) is 15.5. The number of thiocarbonyl (C=S) groups is 1. The van der Waals surface area contributed by atoms with Crippen LogP contribution in [0.2, 0.25) is 0 Å². The first kappa shape index (κ1) is 18.1. The Kier molecular flexibility index (Phi) is 5.85. The lowest BCUT2D eigenvalue weighted by molar-refractivity contribution is 0.142. The predicted molar refractivity (Wildman–Crippen MR) is 101 cm³/mol. The number of amides is 1. The summed E-state index contributed by atoms with van der Waals surface area (Å²) in [6.07, 6.45) is -0.862. The first-order valence-corrected chi connectivity index (χ1v) is 9.57. The zero-order chi connectivity index (χ0) is 17.8. The molecule has 1 atom stereocenters. The van der Waals surface area contributed by atoms with Crippen molar-refractivity contribution in [3.8, 4) is 0 Å². The minimum Gasteiger partial charge on any atom is -0.474 e. The van der Waals surface area contributed by atoms with Gasteiger partial charge in [-0.25, -0.2) is 9.18 Å². The number of benzene rings is 1. The molecule has 0 spiro atoms. The maximum absolute atomic E-state index is 14.5. The summed E-state index contributed by atoms with van der Waals surface area (Å²) in [6, 6.07) is 4.89. The van der Waals surface area contributed by atoms with Crippen LogP contribution in [-0.2, 0) is 9.47 Å². The second kappa shape index (κ2) is 8.09. The number of ether oxygens (including phenoxy) is 2. The standard InChI is InChI=1S/C16H20FN3O3S2/c1-22-15(24)18-9-12-10-20(16(21)23-12)11-2-3-14(13(17)8-11)19-4-6-25-7-5-19/h2-3,8,12H,4-7,9-10H2,1H3,(H,18,24)/t12-/m0/s1. The number of nitrogens with one attached hydrogen (secondary N) is 1. The van der Waals surface area contributed by atoms with E-state index in [9.17, 15) is 9.18 Å². The molecule has 1 amide bonds. The third-order valence-corrected chi connectivity index (χ3v) is 5.38. The number of nitrogens with zero attached hydrogens (tertiary/aromatic N) is 2. The van der Waals surface area contributed by atoms with E-state index in [4.69, 9.17) is 21.7 Å². The Balaban J connectivity index is 1.66. The topological polar surface area (TPSA) is 54.0 Å².